The molecule has 164 valence electrons. The summed E-state index contributed by atoms with van der Waals surface area (Å²) in [6, 6.07) is 0. The number of nitrogens with zero attached hydrogens (tertiary/aromatic N) is 6. The summed E-state index contributed by atoms with van der Waals surface area (Å²) < 4.78 is 35.7. The van der Waals surface area contributed by atoms with E-state index in [0.29, 0.717) is 0 Å². The summed E-state index contributed by atoms with van der Waals surface area (Å²) in [5, 5.41) is 0. The van der Waals surface area contributed by atoms with Gasteiger partial charge in [0.2, 0.25) is 0 Å². The first-order valence-corrected chi connectivity index (χ1v) is 11.4. The average molecular weight is 449 g/mol. The first kappa shape index (κ1) is 27.5. The lowest BCUT2D eigenvalue weighted by Crippen LogP contribution is -2.61. The van der Waals surface area contributed by atoms with Crippen molar-refractivity contribution in [3.05, 3.63) is 0 Å². The third kappa shape index (κ3) is 6.23. The highest BCUT2D eigenvalue weighted by atomic mass is 32.3. The van der Waals surface area contributed by atoms with E-state index in [2.05, 4.69) is 0 Å². The van der Waals surface area contributed by atoms with Gasteiger partial charge in [0.15, 0.2) is 11.1 Å². The molecule has 0 fully saturated rings. The fraction of sp³-hybridized carbons (Fsp3) is 1.00. The normalized spacial score (nSPS) is 15.5. The van der Waals surface area contributed by atoms with Crippen LogP contribution in [0, 0.1) is 0 Å². The molecule has 0 radical (unpaired) electrons. The predicted molar refractivity (Wildman–Crippen MR) is 115 cm³/mol. The van der Waals surface area contributed by atoms with Gasteiger partial charge in [0.1, 0.15) is 0 Å². The van der Waals surface area contributed by atoms with E-state index in [1.807, 2.05) is 114 Å². The van der Waals surface area contributed by atoms with Crippen LogP contribution < -0.4 is 0 Å². The Labute approximate surface area is 169 Å². The Morgan fingerprint density at radius 2 is 0.704 bits per heavy atom. The van der Waals surface area contributed by atoms with Crippen molar-refractivity contribution < 1.29 is 16.4 Å². The molecule has 2 atom stereocenters. The highest BCUT2D eigenvalue weighted by Gasteiger charge is 2.43. The third-order valence-corrected chi connectivity index (χ3v) is 9.83. The minimum absolute atomic E-state index is 0.409. The minimum Gasteiger partial charge on any atom is -0.274 e. The van der Waals surface area contributed by atoms with Crippen molar-refractivity contribution in [2.75, 3.05) is 84.6 Å². The van der Waals surface area contributed by atoms with Crippen LogP contribution in [0.4, 0.5) is 0 Å². The molecule has 0 bridgehead atoms. The maximum absolute atomic E-state index is 12.5. The van der Waals surface area contributed by atoms with Crippen LogP contribution in [0.5, 0.6) is 0 Å². The molecule has 0 aromatic heterocycles. The molecule has 0 saturated heterocycles. The lowest BCUT2D eigenvalue weighted by atomic mass is 10.5. The summed E-state index contributed by atoms with van der Waals surface area (Å²) in [5.74, 6) is 0. The van der Waals surface area contributed by atoms with Crippen molar-refractivity contribution in [3.63, 3.8) is 0 Å². The number of rotatable bonds is 12. The van der Waals surface area contributed by atoms with Gasteiger partial charge < -0.3 is 0 Å². The fourth-order valence-corrected chi connectivity index (χ4v) is 6.43. The quantitative estimate of drug-likeness (QED) is 0.302. The van der Waals surface area contributed by atoms with Crippen molar-refractivity contribution in [1.82, 2.24) is 29.4 Å². The Morgan fingerprint density at radius 1 is 0.519 bits per heavy atom. The first-order valence-electron chi connectivity index (χ1n) is 8.28. The number of hydrogen-bond donors (Lipinski definition) is 0. The second-order valence-electron chi connectivity index (χ2n) is 7.42. The van der Waals surface area contributed by atoms with Crippen molar-refractivity contribution in [2.24, 2.45) is 0 Å². The van der Waals surface area contributed by atoms with E-state index in [-0.39, 0.29) is 0 Å². The van der Waals surface area contributed by atoms with E-state index >= 15 is 0 Å². The maximum Gasteiger partial charge on any atom is 0.405 e. The highest BCUT2D eigenvalue weighted by Crippen LogP contribution is 2.44. The van der Waals surface area contributed by atoms with Gasteiger partial charge in [-0.05, 0) is 84.6 Å². The van der Waals surface area contributed by atoms with Crippen molar-refractivity contribution >= 4 is 28.0 Å². The van der Waals surface area contributed by atoms with Gasteiger partial charge in [0.05, 0.1) is 17.6 Å². The van der Waals surface area contributed by atoms with Gasteiger partial charge in [-0.3, -0.25) is 29.4 Å². The predicted octanol–water partition coefficient (Wildman–Crippen LogP) is 0.0436. The van der Waals surface area contributed by atoms with Crippen molar-refractivity contribution in [1.29, 1.82) is 0 Å². The molecule has 2 unspecified atom stereocenters. The molecule has 0 aromatic rings. The lowest BCUT2D eigenvalue weighted by molar-refractivity contribution is -0.0345. The zero-order valence-corrected chi connectivity index (χ0v) is 21.5. The van der Waals surface area contributed by atoms with Gasteiger partial charge in [-0.15, -0.1) is 0 Å². The zero-order chi connectivity index (χ0) is 21.8. The standard InChI is InChI=1S/C14H38N6O4P2S/c1-15(2)13(16(3)4,17(5)6)25-23-27(21,22)24-26-14(18(7)8,19(9)10)20(11)12/h25-26H,1-12H3. The summed E-state index contributed by atoms with van der Waals surface area (Å²) in [5.41, 5.74) is -1.44. The van der Waals surface area contributed by atoms with Crippen molar-refractivity contribution in [2.45, 2.75) is 11.1 Å². The van der Waals surface area contributed by atoms with E-state index in [0.717, 1.165) is 0 Å². The van der Waals surface area contributed by atoms with Crippen LogP contribution in [0.2, 0.25) is 0 Å². The zero-order valence-electron chi connectivity index (χ0n) is 18.7. The molecule has 0 heterocycles. The second-order valence-corrected chi connectivity index (χ2v) is 11.3. The topological polar surface area (TPSA) is 72.0 Å². The van der Waals surface area contributed by atoms with E-state index in [1.165, 1.54) is 0 Å². The van der Waals surface area contributed by atoms with Gasteiger partial charge in [0, 0.05) is 0 Å². The van der Waals surface area contributed by atoms with E-state index in [1.54, 1.807) is 0 Å². The Balaban J connectivity index is 5.45. The highest BCUT2D eigenvalue weighted by molar-refractivity contribution is 7.88. The summed E-state index contributed by atoms with van der Waals surface area (Å²) in [6.07, 6.45) is 0. The molecule has 0 aliphatic heterocycles. The van der Waals surface area contributed by atoms with Crippen LogP contribution in [-0.4, -0.2) is 133 Å². The van der Waals surface area contributed by atoms with E-state index in [4.69, 9.17) is 7.94 Å². The van der Waals surface area contributed by atoms with Crippen LogP contribution >= 0.6 is 17.6 Å². The summed E-state index contributed by atoms with van der Waals surface area (Å²) in [6.45, 7) is 0. The lowest BCUT2D eigenvalue weighted by Gasteiger charge is -2.49. The molecule has 0 N–H and O–H groups in total. The fourth-order valence-electron chi connectivity index (χ4n) is 3.18. The minimum atomic E-state index is -4.18. The first-order chi connectivity index (χ1) is 12.1. The Hall–Kier alpha value is 0.490. The molecule has 0 aliphatic carbocycles. The third-order valence-electron chi connectivity index (χ3n) is 4.30. The average Bonchev–Trinajstić information content (AvgIpc) is 2.45. The molecular formula is C14H38N6O4P2S. The van der Waals surface area contributed by atoms with Crippen LogP contribution in [0.1, 0.15) is 0 Å². The summed E-state index contributed by atoms with van der Waals surface area (Å²) >= 11 is 0. The van der Waals surface area contributed by atoms with Crippen LogP contribution in [0.3, 0.4) is 0 Å². The SMILES string of the molecule is CN(C)C(POS(=O)(=O)OPC(N(C)C)(N(C)C)N(C)C)(N(C)C)N(C)C. The summed E-state index contributed by atoms with van der Waals surface area (Å²) in [7, 11) is 17.5. The Morgan fingerprint density at radius 3 is 0.852 bits per heavy atom. The smallest absolute Gasteiger partial charge is 0.274 e. The van der Waals surface area contributed by atoms with Crippen LogP contribution in [0.25, 0.3) is 0 Å². The largest absolute Gasteiger partial charge is 0.405 e. The molecule has 0 rings (SSSR count). The monoisotopic (exact) mass is 448 g/mol. The number of hydrogen-bond acceptors (Lipinski definition) is 10. The molecule has 0 saturated carbocycles. The molecule has 10 nitrogen and oxygen atoms in total. The van der Waals surface area contributed by atoms with Gasteiger partial charge >= 0.3 is 10.4 Å². The molecule has 27 heavy (non-hydrogen) atoms. The van der Waals surface area contributed by atoms with Crippen LogP contribution in [0.15, 0.2) is 0 Å². The Kier molecular flexibility index (Phi) is 10.7. The molecule has 0 aliphatic rings. The Bertz CT molecular complexity index is 472. The molecule has 0 aromatic carbocycles. The second kappa shape index (κ2) is 10.5. The van der Waals surface area contributed by atoms with Crippen LogP contribution in [-0.2, 0) is 18.3 Å². The van der Waals surface area contributed by atoms with E-state index < -0.39 is 39.1 Å². The molecule has 13 heteroatoms. The van der Waals surface area contributed by atoms with E-state index in [9.17, 15) is 8.42 Å². The molecule has 0 spiro atoms. The summed E-state index contributed by atoms with van der Waals surface area (Å²) in [4.78, 5) is 11.5. The molecular weight excluding hydrogens is 410 g/mol. The van der Waals surface area contributed by atoms with Gasteiger partial charge in [0.25, 0.3) is 0 Å². The molecule has 0 amide bonds. The van der Waals surface area contributed by atoms with Gasteiger partial charge in [-0.25, -0.2) is 7.94 Å². The van der Waals surface area contributed by atoms with Gasteiger partial charge in [-0.2, -0.15) is 8.42 Å². The van der Waals surface area contributed by atoms with Gasteiger partial charge in [-0.1, -0.05) is 0 Å². The maximum atomic E-state index is 12.5. The van der Waals surface area contributed by atoms with Crippen molar-refractivity contribution in [3.8, 4) is 0 Å².